The van der Waals surface area contributed by atoms with E-state index in [4.69, 9.17) is 4.74 Å². The van der Waals surface area contributed by atoms with Gasteiger partial charge in [0.1, 0.15) is 0 Å². The molecule has 0 heterocycles. The molecule has 2 N–H and O–H groups in total. The lowest BCUT2D eigenvalue weighted by Gasteiger charge is -2.11. The largest absolute Gasteiger partial charge is 0.389 e. The van der Waals surface area contributed by atoms with Crippen LogP contribution in [0.5, 0.6) is 0 Å². The first-order valence-corrected chi connectivity index (χ1v) is 7.88. The van der Waals surface area contributed by atoms with Gasteiger partial charge in [-0.05, 0) is 13.0 Å². The second kappa shape index (κ2) is 15.7. The minimum absolute atomic E-state index is 0.385. The van der Waals surface area contributed by atoms with Gasteiger partial charge in [-0.25, -0.2) is 0 Å². The van der Waals surface area contributed by atoms with Crippen LogP contribution < -0.4 is 5.32 Å². The van der Waals surface area contributed by atoms with E-state index in [0.29, 0.717) is 19.8 Å². The fourth-order valence-electron chi connectivity index (χ4n) is 2.00. The van der Waals surface area contributed by atoms with Crippen LogP contribution in [-0.2, 0) is 4.74 Å². The third-order valence-electron chi connectivity index (χ3n) is 3.13. The zero-order valence-electron chi connectivity index (χ0n) is 12.7. The van der Waals surface area contributed by atoms with Crippen LogP contribution in [0.2, 0.25) is 0 Å². The monoisotopic (exact) mass is 271 g/mol. The molecule has 0 amide bonds. The molecule has 0 aromatic heterocycles. The summed E-state index contributed by atoms with van der Waals surface area (Å²) in [4.78, 5) is 0. The van der Waals surface area contributed by atoms with Gasteiger partial charge in [0.25, 0.3) is 0 Å². The fraction of sp³-hybridized carbons (Fsp3) is 0.875. The van der Waals surface area contributed by atoms with Crippen molar-refractivity contribution in [2.45, 2.75) is 64.4 Å². The first-order valence-electron chi connectivity index (χ1n) is 7.88. The van der Waals surface area contributed by atoms with Crippen molar-refractivity contribution < 1.29 is 9.84 Å². The molecule has 0 bridgehead atoms. The molecule has 0 aromatic rings. The quantitative estimate of drug-likeness (QED) is 0.355. The van der Waals surface area contributed by atoms with E-state index in [9.17, 15) is 5.11 Å². The molecule has 0 aromatic carbocycles. The van der Waals surface area contributed by atoms with Crippen LogP contribution in [0.1, 0.15) is 58.3 Å². The normalized spacial score (nSPS) is 12.5. The average molecular weight is 271 g/mol. The van der Waals surface area contributed by atoms with E-state index in [1.54, 1.807) is 6.08 Å². The first-order chi connectivity index (χ1) is 9.31. The van der Waals surface area contributed by atoms with Gasteiger partial charge in [0.2, 0.25) is 0 Å². The van der Waals surface area contributed by atoms with Gasteiger partial charge in [0.15, 0.2) is 0 Å². The topological polar surface area (TPSA) is 41.5 Å². The predicted octanol–water partition coefficient (Wildman–Crippen LogP) is 3.28. The van der Waals surface area contributed by atoms with E-state index in [2.05, 4.69) is 18.8 Å². The molecule has 0 spiro atoms. The summed E-state index contributed by atoms with van der Waals surface area (Å²) in [7, 11) is 0. The van der Waals surface area contributed by atoms with Gasteiger partial charge in [-0.3, -0.25) is 0 Å². The minimum atomic E-state index is -0.408. The summed E-state index contributed by atoms with van der Waals surface area (Å²) in [6.07, 6.45) is 12.0. The molecule has 19 heavy (non-hydrogen) atoms. The van der Waals surface area contributed by atoms with Gasteiger partial charge in [0, 0.05) is 6.54 Å². The molecule has 3 heteroatoms. The second-order valence-corrected chi connectivity index (χ2v) is 5.16. The van der Waals surface area contributed by atoms with Crippen molar-refractivity contribution >= 4 is 0 Å². The molecule has 0 rings (SSSR count). The molecule has 0 aliphatic carbocycles. The van der Waals surface area contributed by atoms with Crippen molar-refractivity contribution in [3.05, 3.63) is 12.7 Å². The third-order valence-corrected chi connectivity index (χ3v) is 3.13. The maximum Gasteiger partial charge on any atom is 0.0897 e. The molecule has 0 aliphatic heterocycles. The van der Waals surface area contributed by atoms with E-state index >= 15 is 0 Å². The Balaban J connectivity index is 3.07. The van der Waals surface area contributed by atoms with Gasteiger partial charge in [-0.1, -0.05) is 57.9 Å². The zero-order valence-corrected chi connectivity index (χ0v) is 12.7. The van der Waals surface area contributed by atoms with Gasteiger partial charge < -0.3 is 15.2 Å². The Morgan fingerprint density at radius 2 is 1.74 bits per heavy atom. The number of aliphatic hydroxyl groups excluding tert-OH is 1. The standard InChI is InChI=1S/C16H33NO2/c1-3-5-6-7-8-9-10-11-12-17-14-16(18)15-19-13-4-2/h4,16-18H,2-3,5-15H2,1H3. The van der Waals surface area contributed by atoms with Crippen molar-refractivity contribution in [3.63, 3.8) is 0 Å². The number of unbranched alkanes of at least 4 members (excludes halogenated alkanes) is 7. The van der Waals surface area contributed by atoms with Crippen molar-refractivity contribution in [1.29, 1.82) is 0 Å². The molecular weight excluding hydrogens is 238 g/mol. The number of aliphatic hydroxyl groups is 1. The van der Waals surface area contributed by atoms with E-state index in [-0.39, 0.29) is 0 Å². The van der Waals surface area contributed by atoms with Crippen LogP contribution in [0.15, 0.2) is 12.7 Å². The minimum Gasteiger partial charge on any atom is -0.389 e. The van der Waals surface area contributed by atoms with Crippen LogP contribution in [0, 0.1) is 0 Å². The lowest BCUT2D eigenvalue weighted by molar-refractivity contribution is 0.0495. The van der Waals surface area contributed by atoms with Crippen LogP contribution in [0.25, 0.3) is 0 Å². The number of hydrogen-bond donors (Lipinski definition) is 2. The Labute approximate surface area is 119 Å². The van der Waals surface area contributed by atoms with Crippen molar-refractivity contribution in [2.24, 2.45) is 0 Å². The maximum atomic E-state index is 9.58. The lowest BCUT2D eigenvalue weighted by Crippen LogP contribution is -2.31. The highest BCUT2D eigenvalue weighted by molar-refractivity contribution is 4.65. The second-order valence-electron chi connectivity index (χ2n) is 5.16. The molecule has 3 nitrogen and oxygen atoms in total. The summed E-state index contributed by atoms with van der Waals surface area (Å²) in [6, 6.07) is 0. The van der Waals surface area contributed by atoms with Crippen LogP contribution in [0.4, 0.5) is 0 Å². The number of nitrogens with one attached hydrogen (secondary N) is 1. The highest BCUT2D eigenvalue weighted by Gasteiger charge is 2.02. The molecule has 1 atom stereocenters. The SMILES string of the molecule is C=CCOCC(O)CNCCCCCCCCCC. The summed E-state index contributed by atoms with van der Waals surface area (Å²) in [5.41, 5.74) is 0. The summed E-state index contributed by atoms with van der Waals surface area (Å²) >= 11 is 0. The predicted molar refractivity (Wildman–Crippen MR) is 82.5 cm³/mol. The average Bonchev–Trinajstić information content (AvgIpc) is 2.41. The van der Waals surface area contributed by atoms with Crippen molar-refractivity contribution in [2.75, 3.05) is 26.3 Å². The number of ether oxygens (including phenoxy) is 1. The van der Waals surface area contributed by atoms with Gasteiger partial charge in [0.05, 0.1) is 19.3 Å². The molecule has 0 radical (unpaired) electrons. The van der Waals surface area contributed by atoms with Crippen LogP contribution in [0.3, 0.4) is 0 Å². The Kier molecular flexibility index (Phi) is 15.4. The van der Waals surface area contributed by atoms with E-state index in [1.165, 1.54) is 51.4 Å². The zero-order chi connectivity index (χ0) is 14.2. The van der Waals surface area contributed by atoms with E-state index < -0.39 is 6.10 Å². The fourth-order valence-corrected chi connectivity index (χ4v) is 2.00. The number of hydrogen-bond acceptors (Lipinski definition) is 3. The highest BCUT2D eigenvalue weighted by Crippen LogP contribution is 2.07. The molecule has 114 valence electrons. The molecule has 0 aliphatic rings. The van der Waals surface area contributed by atoms with Gasteiger partial charge in [-0.2, -0.15) is 0 Å². The Morgan fingerprint density at radius 3 is 2.37 bits per heavy atom. The molecule has 0 fully saturated rings. The summed E-state index contributed by atoms with van der Waals surface area (Å²) < 4.78 is 5.18. The van der Waals surface area contributed by atoms with Gasteiger partial charge >= 0.3 is 0 Å². The summed E-state index contributed by atoms with van der Waals surface area (Å²) in [6.45, 7) is 8.32. The van der Waals surface area contributed by atoms with Crippen LogP contribution in [-0.4, -0.2) is 37.5 Å². The van der Waals surface area contributed by atoms with Gasteiger partial charge in [-0.15, -0.1) is 6.58 Å². The molecular formula is C16H33NO2. The Hall–Kier alpha value is -0.380. The third kappa shape index (κ3) is 15.6. The molecule has 1 unspecified atom stereocenters. The van der Waals surface area contributed by atoms with E-state index in [1.807, 2.05) is 0 Å². The Bertz CT molecular complexity index is 186. The van der Waals surface area contributed by atoms with Crippen LogP contribution >= 0.6 is 0 Å². The Morgan fingerprint density at radius 1 is 1.11 bits per heavy atom. The van der Waals surface area contributed by atoms with E-state index in [0.717, 1.165) is 6.54 Å². The lowest BCUT2D eigenvalue weighted by atomic mass is 10.1. The summed E-state index contributed by atoms with van der Waals surface area (Å²) in [5, 5.41) is 12.8. The number of rotatable bonds is 15. The first kappa shape index (κ1) is 18.6. The highest BCUT2D eigenvalue weighted by atomic mass is 16.5. The molecule has 0 saturated heterocycles. The molecule has 0 saturated carbocycles. The maximum absolute atomic E-state index is 9.58. The smallest absolute Gasteiger partial charge is 0.0897 e. The summed E-state index contributed by atoms with van der Waals surface area (Å²) in [5.74, 6) is 0. The van der Waals surface area contributed by atoms with Crippen molar-refractivity contribution in [1.82, 2.24) is 5.32 Å². The van der Waals surface area contributed by atoms with Crippen molar-refractivity contribution in [3.8, 4) is 0 Å².